The van der Waals surface area contributed by atoms with Crippen LogP contribution in [0.1, 0.15) is 44.9 Å². The molecule has 0 aliphatic carbocycles. The lowest BCUT2D eigenvalue weighted by molar-refractivity contribution is 0.111. The Labute approximate surface area is 150 Å². The van der Waals surface area contributed by atoms with Crippen molar-refractivity contribution in [3.8, 4) is 0 Å². The maximum atomic E-state index is 12.5. The van der Waals surface area contributed by atoms with Gasteiger partial charge in [0, 0.05) is 38.4 Å². The summed E-state index contributed by atoms with van der Waals surface area (Å²) >= 11 is 0. The zero-order valence-electron chi connectivity index (χ0n) is 15.4. The molecule has 0 radical (unpaired) electrons. The number of likely N-dealkylation sites (tertiary alicyclic amines) is 1. The fraction of sp³-hybridized carbons (Fsp3) is 0.824. The third-order valence-electron chi connectivity index (χ3n) is 5.32. The highest BCUT2D eigenvalue weighted by Crippen LogP contribution is 2.22. The Morgan fingerprint density at radius 3 is 2.60 bits per heavy atom. The number of aryl methyl sites for hydroxylation is 1. The Morgan fingerprint density at radius 2 is 2.04 bits per heavy atom. The predicted molar refractivity (Wildman–Crippen MR) is 96.0 cm³/mol. The molecule has 3 heterocycles. The van der Waals surface area contributed by atoms with Crippen molar-refractivity contribution in [1.82, 2.24) is 19.2 Å². The second-order valence-electron chi connectivity index (χ2n) is 7.55. The first-order valence-electron chi connectivity index (χ1n) is 9.21. The number of nitrogens with zero attached hydrogens (tertiary/aromatic N) is 3. The average molecular weight is 371 g/mol. The lowest BCUT2D eigenvalue weighted by atomic mass is 9.96. The second kappa shape index (κ2) is 7.73. The molecule has 142 valence electrons. The van der Waals surface area contributed by atoms with E-state index in [2.05, 4.69) is 14.6 Å². The highest BCUT2D eigenvalue weighted by atomic mass is 32.2. The monoisotopic (exact) mass is 370 g/mol. The smallest absolute Gasteiger partial charge is 0.259 e. The van der Waals surface area contributed by atoms with E-state index in [0.717, 1.165) is 51.4 Å². The normalized spacial score (nSPS) is 23.6. The molecule has 2 fully saturated rings. The van der Waals surface area contributed by atoms with E-state index in [4.69, 9.17) is 4.74 Å². The average Bonchev–Trinajstić information content (AvgIpc) is 3.23. The fourth-order valence-corrected chi connectivity index (χ4v) is 4.87. The Bertz CT molecular complexity index is 672. The molecule has 1 aromatic heterocycles. The SMILES string of the molecule is CC(C)c1nc(S(=O)(=O)NCC2CCN(C3CCOC3)CC2)cn1C. The van der Waals surface area contributed by atoms with Crippen LogP contribution in [0, 0.1) is 5.92 Å². The second-order valence-corrected chi connectivity index (χ2v) is 9.27. The third-order valence-corrected chi connectivity index (χ3v) is 6.61. The fourth-order valence-electron chi connectivity index (χ4n) is 3.75. The molecule has 0 aromatic carbocycles. The lowest BCUT2D eigenvalue weighted by Gasteiger charge is -2.35. The number of nitrogens with one attached hydrogen (secondary N) is 1. The number of sulfonamides is 1. The minimum Gasteiger partial charge on any atom is -0.380 e. The number of imidazole rings is 1. The molecule has 8 heteroatoms. The molecule has 0 saturated carbocycles. The molecule has 0 spiro atoms. The van der Waals surface area contributed by atoms with Gasteiger partial charge < -0.3 is 9.30 Å². The van der Waals surface area contributed by atoms with Crippen LogP contribution in [-0.2, 0) is 21.8 Å². The highest BCUT2D eigenvalue weighted by molar-refractivity contribution is 7.89. The summed E-state index contributed by atoms with van der Waals surface area (Å²) < 4.78 is 35.1. The molecule has 0 amide bonds. The van der Waals surface area contributed by atoms with Crippen molar-refractivity contribution in [3.63, 3.8) is 0 Å². The van der Waals surface area contributed by atoms with Gasteiger partial charge in [-0.1, -0.05) is 13.8 Å². The summed E-state index contributed by atoms with van der Waals surface area (Å²) in [6.45, 7) is 8.28. The molecular formula is C17H30N4O3S. The van der Waals surface area contributed by atoms with E-state index in [9.17, 15) is 8.42 Å². The van der Waals surface area contributed by atoms with Crippen molar-refractivity contribution < 1.29 is 13.2 Å². The quantitative estimate of drug-likeness (QED) is 0.817. The molecule has 2 aliphatic rings. The number of aromatic nitrogens is 2. The van der Waals surface area contributed by atoms with Crippen LogP contribution in [0.5, 0.6) is 0 Å². The van der Waals surface area contributed by atoms with Gasteiger partial charge >= 0.3 is 0 Å². The van der Waals surface area contributed by atoms with Gasteiger partial charge in [-0.3, -0.25) is 4.90 Å². The summed E-state index contributed by atoms with van der Waals surface area (Å²) in [4.78, 5) is 6.79. The maximum Gasteiger partial charge on any atom is 0.259 e. The summed E-state index contributed by atoms with van der Waals surface area (Å²) in [6.07, 6.45) is 4.77. The molecule has 2 saturated heterocycles. The van der Waals surface area contributed by atoms with Gasteiger partial charge in [0.2, 0.25) is 0 Å². The van der Waals surface area contributed by atoms with E-state index in [1.807, 2.05) is 20.9 Å². The maximum absolute atomic E-state index is 12.5. The van der Waals surface area contributed by atoms with Crippen LogP contribution in [0.4, 0.5) is 0 Å². The van der Waals surface area contributed by atoms with Crippen LogP contribution < -0.4 is 4.72 Å². The van der Waals surface area contributed by atoms with E-state index < -0.39 is 10.0 Å². The summed E-state index contributed by atoms with van der Waals surface area (Å²) in [5, 5.41) is 0.124. The Kier molecular flexibility index (Phi) is 5.82. The molecule has 0 bridgehead atoms. The molecule has 1 unspecified atom stereocenters. The first-order valence-corrected chi connectivity index (χ1v) is 10.7. The summed E-state index contributed by atoms with van der Waals surface area (Å²) in [5.41, 5.74) is 0. The molecule has 1 aromatic rings. The molecule has 3 rings (SSSR count). The summed E-state index contributed by atoms with van der Waals surface area (Å²) in [5.74, 6) is 1.37. The van der Waals surface area contributed by atoms with Crippen molar-refractivity contribution in [2.75, 3.05) is 32.8 Å². The molecule has 2 aliphatic heterocycles. The molecule has 1 atom stereocenters. The zero-order valence-corrected chi connectivity index (χ0v) is 16.3. The number of rotatable bonds is 6. The first-order chi connectivity index (χ1) is 11.9. The largest absolute Gasteiger partial charge is 0.380 e. The number of piperidine rings is 1. The van der Waals surface area contributed by atoms with Crippen LogP contribution in [0.2, 0.25) is 0 Å². The van der Waals surface area contributed by atoms with E-state index in [0.29, 0.717) is 18.5 Å². The van der Waals surface area contributed by atoms with E-state index >= 15 is 0 Å². The van der Waals surface area contributed by atoms with E-state index in [1.165, 1.54) is 0 Å². The van der Waals surface area contributed by atoms with E-state index in [1.54, 1.807) is 10.8 Å². The number of ether oxygens (including phenoxy) is 1. The van der Waals surface area contributed by atoms with Crippen molar-refractivity contribution in [3.05, 3.63) is 12.0 Å². The van der Waals surface area contributed by atoms with Crippen molar-refractivity contribution >= 4 is 10.0 Å². The topological polar surface area (TPSA) is 76.5 Å². The van der Waals surface area contributed by atoms with Gasteiger partial charge in [-0.15, -0.1) is 0 Å². The molecule has 1 N–H and O–H groups in total. The Balaban J connectivity index is 1.52. The third kappa shape index (κ3) is 4.42. The number of hydrogen-bond donors (Lipinski definition) is 1. The van der Waals surface area contributed by atoms with Crippen molar-refractivity contribution in [1.29, 1.82) is 0 Å². The highest BCUT2D eigenvalue weighted by Gasteiger charge is 2.29. The summed E-state index contributed by atoms with van der Waals surface area (Å²) in [7, 11) is -1.70. The summed E-state index contributed by atoms with van der Waals surface area (Å²) in [6, 6.07) is 0.556. The van der Waals surface area contributed by atoms with Crippen molar-refractivity contribution in [2.24, 2.45) is 13.0 Å². The van der Waals surface area contributed by atoms with Gasteiger partial charge in [0.15, 0.2) is 5.03 Å². The van der Waals surface area contributed by atoms with E-state index in [-0.39, 0.29) is 10.9 Å². The van der Waals surface area contributed by atoms with Crippen LogP contribution in [0.3, 0.4) is 0 Å². The predicted octanol–water partition coefficient (Wildman–Crippen LogP) is 1.32. The Morgan fingerprint density at radius 1 is 1.32 bits per heavy atom. The first kappa shape index (κ1) is 18.8. The van der Waals surface area contributed by atoms with Gasteiger partial charge in [0.05, 0.1) is 6.61 Å². The van der Waals surface area contributed by atoms with Gasteiger partial charge in [-0.2, -0.15) is 0 Å². The van der Waals surface area contributed by atoms with Gasteiger partial charge in [0.25, 0.3) is 10.0 Å². The zero-order chi connectivity index (χ0) is 18.0. The van der Waals surface area contributed by atoms with Crippen LogP contribution in [0.25, 0.3) is 0 Å². The lowest BCUT2D eigenvalue weighted by Crippen LogP contribution is -2.43. The minimum absolute atomic E-state index is 0.124. The van der Waals surface area contributed by atoms with Crippen molar-refractivity contribution in [2.45, 2.75) is 50.1 Å². The van der Waals surface area contributed by atoms with Crippen LogP contribution in [0.15, 0.2) is 11.2 Å². The van der Waals surface area contributed by atoms with Gasteiger partial charge in [-0.25, -0.2) is 18.1 Å². The Hall–Kier alpha value is -0.960. The minimum atomic E-state index is -3.54. The standard InChI is InChI=1S/C17H30N4O3S/c1-13(2)17-19-16(11-20(17)3)25(22,23)18-10-14-4-7-21(8-5-14)15-6-9-24-12-15/h11,13-15,18H,4-10,12H2,1-3H3. The molecule has 25 heavy (non-hydrogen) atoms. The van der Waals surface area contributed by atoms with Crippen LogP contribution in [-0.4, -0.2) is 61.8 Å². The van der Waals surface area contributed by atoms with Crippen LogP contribution >= 0.6 is 0 Å². The molecule has 7 nitrogen and oxygen atoms in total. The van der Waals surface area contributed by atoms with Gasteiger partial charge in [0.1, 0.15) is 5.82 Å². The molecular weight excluding hydrogens is 340 g/mol. The number of hydrogen-bond acceptors (Lipinski definition) is 5. The van der Waals surface area contributed by atoms with Gasteiger partial charge in [-0.05, 0) is 38.3 Å².